The third kappa shape index (κ3) is 2.96. The van der Waals surface area contributed by atoms with E-state index in [1.807, 2.05) is 12.1 Å². The summed E-state index contributed by atoms with van der Waals surface area (Å²) >= 11 is 0. The molecule has 140 valence electrons. The molecule has 0 saturated carbocycles. The zero-order valence-corrected chi connectivity index (χ0v) is 15.7. The van der Waals surface area contributed by atoms with Gasteiger partial charge < -0.3 is 4.90 Å². The van der Waals surface area contributed by atoms with Gasteiger partial charge in [-0.1, -0.05) is 23.4 Å². The molecule has 1 saturated heterocycles. The minimum atomic E-state index is -3.66. The molecule has 0 bridgehead atoms. The van der Waals surface area contributed by atoms with Crippen LogP contribution in [0.5, 0.6) is 0 Å². The van der Waals surface area contributed by atoms with E-state index >= 15 is 0 Å². The smallest absolute Gasteiger partial charge is 0.275 e. The Labute approximate surface area is 156 Å². The number of amides is 1. The van der Waals surface area contributed by atoms with Crippen LogP contribution in [0.4, 0.5) is 0 Å². The summed E-state index contributed by atoms with van der Waals surface area (Å²) in [4.78, 5) is 17.8. The molecular formula is C17H18N6O3S. The van der Waals surface area contributed by atoms with Crippen molar-refractivity contribution in [3.05, 3.63) is 48.4 Å². The van der Waals surface area contributed by atoms with E-state index in [1.54, 1.807) is 49.4 Å². The molecule has 27 heavy (non-hydrogen) atoms. The molecular weight excluding hydrogens is 368 g/mol. The van der Waals surface area contributed by atoms with Gasteiger partial charge in [0.1, 0.15) is 4.90 Å². The van der Waals surface area contributed by atoms with Gasteiger partial charge in [-0.05, 0) is 12.1 Å². The van der Waals surface area contributed by atoms with Crippen LogP contribution in [-0.2, 0) is 10.0 Å². The van der Waals surface area contributed by atoms with E-state index in [2.05, 4.69) is 15.3 Å². The average Bonchev–Trinajstić information content (AvgIpc) is 3.08. The largest absolute Gasteiger partial charge is 0.343 e. The van der Waals surface area contributed by atoms with Gasteiger partial charge in [0.15, 0.2) is 5.69 Å². The third-order valence-electron chi connectivity index (χ3n) is 4.55. The van der Waals surface area contributed by atoms with Crippen molar-refractivity contribution < 1.29 is 13.2 Å². The summed E-state index contributed by atoms with van der Waals surface area (Å²) in [5.41, 5.74) is 0.697. The molecule has 4 rings (SSSR count). The van der Waals surface area contributed by atoms with Crippen molar-refractivity contribution in [2.75, 3.05) is 27.2 Å². The van der Waals surface area contributed by atoms with Gasteiger partial charge >= 0.3 is 0 Å². The first-order chi connectivity index (χ1) is 12.9. The number of pyridine rings is 1. The Morgan fingerprint density at radius 2 is 1.93 bits per heavy atom. The molecule has 0 spiro atoms. The first kappa shape index (κ1) is 17.6. The first-order valence-corrected chi connectivity index (χ1v) is 9.79. The van der Waals surface area contributed by atoms with Crippen molar-refractivity contribution in [2.45, 2.75) is 10.9 Å². The second-order valence-corrected chi connectivity index (χ2v) is 8.50. The number of carbonyl (C=O) groups excluding carboxylic acids is 1. The van der Waals surface area contributed by atoms with E-state index in [0.29, 0.717) is 5.52 Å². The standard InChI is InChI=1S/C17H18N6O3S/c1-21(2)17(24)14-11-23(20-19-14)13-9-22(10-13)27(25,26)15-7-3-5-12-6-4-8-18-16(12)15/h3-8,11,13H,9-10H2,1-2H3. The third-order valence-corrected chi connectivity index (χ3v) is 6.42. The quantitative estimate of drug-likeness (QED) is 0.657. The second-order valence-electron chi connectivity index (χ2n) is 6.59. The van der Waals surface area contributed by atoms with Gasteiger partial charge in [-0.3, -0.25) is 9.78 Å². The summed E-state index contributed by atoms with van der Waals surface area (Å²) in [6, 6.07) is 8.57. The van der Waals surface area contributed by atoms with Crippen molar-refractivity contribution >= 4 is 26.8 Å². The normalized spacial score (nSPS) is 15.6. The molecule has 3 heterocycles. The highest BCUT2D eigenvalue weighted by atomic mass is 32.2. The van der Waals surface area contributed by atoms with Gasteiger partial charge in [-0.15, -0.1) is 5.10 Å². The van der Waals surface area contributed by atoms with Crippen molar-refractivity contribution in [3.63, 3.8) is 0 Å². The molecule has 0 unspecified atom stereocenters. The Morgan fingerprint density at radius 1 is 1.19 bits per heavy atom. The molecule has 0 atom stereocenters. The predicted molar refractivity (Wildman–Crippen MR) is 97.6 cm³/mol. The molecule has 1 aliphatic heterocycles. The monoisotopic (exact) mass is 386 g/mol. The van der Waals surface area contributed by atoms with Crippen LogP contribution >= 0.6 is 0 Å². The number of hydrogen-bond acceptors (Lipinski definition) is 6. The van der Waals surface area contributed by atoms with Gasteiger partial charge in [0.2, 0.25) is 10.0 Å². The lowest BCUT2D eigenvalue weighted by molar-refractivity contribution is 0.0821. The molecule has 1 fully saturated rings. The summed E-state index contributed by atoms with van der Waals surface area (Å²) in [6.07, 6.45) is 3.13. The van der Waals surface area contributed by atoms with Crippen LogP contribution in [0.2, 0.25) is 0 Å². The molecule has 0 N–H and O–H groups in total. The van der Waals surface area contributed by atoms with Crippen LogP contribution in [0.15, 0.2) is 47.6 Å². The number of fused-ring (bicyclic) bond motifs is 1. The molecule has 1 amide bonds. The second kappa shape index (κ2) is 6.39. The summed E-state index contributed by atoms with van der Waals surface area (Å²) in [7, 11) is -0.386. The highest BCUT2D eigenvalue weighted by Gasteiger charge is 2.39. The first-order valence-electron chi connectivity index (χ1n) is 8.35. The van der Waals surface area contributed by atoms with Crippen LogP contribution in [0.25, 0.3) is 10.9 Å². The Morgan fingerprint density at radius 3 is 2.67 bits per heavy atom. The summed E-state index contributed by atoms with van der Waals surface area (Å²) in [5.74, 6) is -0.244. The van der Waals surface area contributed by atoms with E-state index in [1.165, 1.54) is 9.21 Å². The Balaban J connectivity index is 1.54. The summed E-state index contributed by atoms with van der Waals surface area (Å²) in [5, 5.41) is 8.61. The summed E-state index contributed by atoms with van der Waals surface area (Å²) in [6.45, 7) is 0.537. The van der Waals surface area contributed by atoms with E-state index in [0.717, 1.165) is 5.39 Å². The zero-order valence-electron chi connectivity index (χ0n) is 14.8. The number of hydrogen-bond donors (Lipinski definition) is 0. The molecule has 1 aromatic carbocycles. The minimum absolute atomic E-state index is 0.154. The number of benzene rings is 1. The van der Waals surface area contributed by atoms with E-state index in [4.69, 9.17) is 0 Å². The molecule has 0 aliphatic carbocycles. The Hall–Kier alpha value is -2.85. The molecule has 9 nitrogen and oxygen atoms in total. The van der Waals surface area contributed by atoms with Gasteiger partial charge in [0, 0.05) is 38.8 Å². The van der Waals surface area contributed by atoms with Crippen molar-refractivity contribution in [2.24, 2.45) is 0 Å². The molecule has 0 radical (unpaired) electrons. The fourth-order valence-electron chi connectivity index (χ4n) is 2.99. The van der Waals surface area contributed by atoms with Gasteiger partial charge in [-0.2, -0.15) is 4.31 Å². The average molecular weight is 386 g/mol. The van der Waals surface area contributed by atoms with Gasteiger partial charge in [0.05, 0.1) is 17.8 Å². The SMILES string of the molecule is CN(C)C(=O)c1cn(C2CN(S(=O)(=O)c3cccc4cccnc34)C2)nn1. The minimum Gasteiger partial charge on any atom is -0.343 e. The van der Waals surface area contributed by atoms with Crippen LogP contribution in [0.3, 0.4) is 0 Å². The van der Waals surface area contributed by atoms with Crippen LogP contribution in [-0.4, -0.2) is 70.7 Å². The molecule has 1 aliphatic rings. The Bertz CT molecular complexity index is 1110. The fourth-order valence-corrected chi connectivity index (χ4v) is 4.67. The van der Waals surface area contributed by atoms with Gasteiger partial charge in [0.25, 0.3) is 5.91 Å². The van der Waals surface area contributed by atoms with Crippen LogP contribution in [0, 0.1) is 0 Å². The molecule has 2 aromatic heterocycles. The highest BCUT2D eigenvalue weighted by molar-refractivity contribution is 7.89. The number of aromatic nitrogens is 4. The lowest BCUT2D eigenvalue weighted by Crippen LogP contribution is -2.50. The number of carbonyl (C=O) groups is 1. The maximum Gasteiger partial charge on any atom is 0.275 e. The number of nitrogens with zero attached hydrogens (tertiary/aromatic N) is 6. The van der Waals surface area contributed by atoms with Gasteiger partial charge in [-0.25, -0.2) is 13.1 Å². The lowest BCUT2D eigenvalue weighted by atomic mass is 10.2. The van der Waals surface area contributed by atoms with Crippen LogP contribution in [0.1, 0.15) is 16.5 Å². The van der Waals surface area contributed by atoms with E-state index in [-0.39, 0.29) is 35.6 Å². The zero-order chi connectivity index (χ0) is 19.2. The lowest BCUT2D eigenvalue weighted by Gasteiger charge is -2.37. The topological polar surface area (TPSA) is 101 Å². The van der Waals surface area contributed by atoms with Crippen LogP contribution < -0.4 is 0 Å². The number of sulfonamides is 1. The number of rotatable bonds is 4. The fraction of sp³-hybridized carbons (Fsp3) is 0.294. The Kier molecular flexibility index (Phi) is 4.16. The number of para-hydroxylation sites is 1. The van der Waals surface area contributed by atoms with Crippen molar-refractivity contribution in [3.8, 4) is 0 Å². The maximum absolute atomic E-state index is 13.0. The predicted octanol–water partition coefficient (Wildman–Crippen LogP) is 0.774. The van der Waals surface area contributed by atoms with E-state index in [9.17, 15) is 13.2 Å². The summed E-state index contributed by atoms with van der Waals surface area (Å²) < 4.78 is 28.9. The molecule has 3 aromatic rings. The highest BCUT2D eigenvalue weighted by Crippen LogP contribution is 2.30. The van der Waals surface area contributed by atoms with Crippen molar-refractivity contribution in [1.29, 1.82) is 0 Å². The molecule has 10 heteroatoms. The van der Waals surface area contributed by atoms with Crippen molar-refractivity contribution in [1.82, 2.24) is 29.2 Å². The van der Waals surface area contributed by atoms with E-state index < -0.39 is 10.0 Å². The maximum atomic E-state index is 13.0.